The lowest BCUT2D eigenvalue weighted by Crippen LogP contribution is -1.88. The predicted octanol–water partition coefficient (Wildman–Crippen LogP) is 3.46. The molecule has 16 heavy (non-hydrogen) atoms. The highest BCUT2D eigenvalue weighted by Gasteiger charge is 2.06. The van der Waals surface area contributed by atoms with E-state index in [1.807, 2.05) is 12.1 Å². The molecule has 0 amide bonds. The highest BCUT2D eigenvalue weighted by Crippen LogP contribution is 2.30. The second-order valence-corrected chi connectivity index (χ2v) is 3.87. The van der Waals surface area contributed by atoms with Gasteiger partial charge in [0.2, 0.25) is 0 Å². The van der Waals surface area contributed by atoms with Crippen LogP contribution in [0.3, 0.4) is 0 Å². The summed E-state index contributed by atoms with van der Waals surface area (Å²) in [5, 5.41) is 0.950. The number of aromatic nitrogens is 2. The van der Waals surface area contributed by atoms with E-state index in [0.29, 0.717) is 21.6 Å². The molecule has 2 aromatic rings. The summed E-state index contributed by atoms with van der Waals surface area (Å²) in [7, 11) is 1.59. The van der Waals surface area contributed by atoms with Crippen LogP contribution in [0, 0.1) is 0 Å². The van der Waals surface area contributed by atoms with Crippen molar-refractivity contribution in [2.24, 2.45) is 0 Å². The van der Waals surface area contributed by atoms with Crippen LogP contribution in [0.2, 0.25) is 10.2 Å². The van der Waals surface area contributed by atoms with Crippen LogP contribution in [0.4, 0.5) is 0 Å². The molecule has 0 fully saturated rings. The maximum atomic E-state index is 6.11. The molecule has 1 heterocycles. The molecule has 0 saturated carbocycles. The van der Waals surface area contributed by atoms with E-state index in [2.05, 4.69) is 9.97 Å². The fraction of sp³-hybridized carbons (Fsp3) is 0.0909. The van der Waals surface area contributed by atoms with Crippen molar-refractivity contribution in [1.82, 2.24) is 9.97 Å². The number of hydrogen-bond donors (Lipinski definition) is 0. The minimum atomic E-state index is 0.386. The Labute approximate surface area is 103 Å². The van der Waals surface area contributed by atoms with E-state index in [9.17, 15) is 0 Å². The van der Waals surface area contributed by atoms with Gasteiger partial charge < -0.3 is 4.74 Å². The van der Waals surface area contributed by atoms with Gasteiger partial charge in [-0.1, -0.05) is 23.2 Å². The molecule has 1 aromatic heterocycles. The van der Waals surface area contributed by atoms with Gasteiger partial charge >= 0.3 is 0 Å². The summed E-state index contributed by atoms with van der Waals surface area (Å²) in [4.78, 5) is 7.92. The molecule has 0 unspecified atom stereocenters. The van der Waals surface area contributed by atoms with Gasteiger partial charge in [-0.2, -0.15) is 0 Å². The van der Waals surface area contributed by atoms with Gasteiger partial charge in [0.15, 0.2) is 0 Å². The van der Waals surface area contributed by atoms with Crippen LogP contribution < -0.4 is 4.74 Å². The molecule has 0 radical (unpaired) electrons. The molecule has 1 aromatic carbocycles. The van der Waals surface area contributed by atoms with Crippen LogP contribution >= 0.6 is 23.2 Å². The summed E-state index contributed by atoms with van der Waals surface area (Å²) in [6.45, 7) is 0. The highest BCUT2D eigenvalue weighted by atomic mass is 35.5. The Morgan fingerprint density at radius 3 is 2.56 bits per heavy atom. The molecule has 0 aliphatic rings. The third kappa shape index (κ3) is 2.26. The lowest BCUT2D eigenvalue weighted by atomic mass is 10.1. The van der Waals surface area contributed by atoms with E-state index < -0.39 is 0 Å². The summed E-state index contributed by atoms with van der Waals surface area (Å²) >= 11 is 11.9. The summed E-state index contributed by atoms with van der Waals surface area (Å²) in [5.41, 5.74) is 1.49. The lowest BCUT2D eigenvalue weighted by Gasteiger charge is -2.05. The SMILES string of the molecule is COc1ccc(-c2cc(Cl)ncn2)c(Cl)c1. The predicted molar refractivity (Wildman–Crippen MR) is 64.0 cm³/mol. The van der Waals surface area contributed by atoms with Crippen molar-refractivity contribution in [1.29, 1.82) is 0 Å². The summed E-state index contributed by atoms with van der Waals surface area (Å²) in [6.07, 6.45) is 1.40. The van der Waals surface area contributed by atoms with Crippen molar-refractivity contribution in [3.63, 3.8) is 0 Å². The Hall–Kier alpha value is -1.32. The molecule has 0 atom stereocenters. The van der Waals surface area contributed by atoms with Crippen molar-refractivity contribution in [2.75, 3.05) is 7.11 Å². The van der Waals surface area contributed by atoms with Crippen LogP contribution in [-0.2, 0) is 0 Å². The third-order valence-electron chi connectivity index (χ3n) is 2.09. The number of hydrogen-bond acceptors (Lipinski definition) is 3. The lowest BCUT2D eigenvalue weighted by molar-refractivity contribution is 0.415. The van der Waals surface area contributed by atoms with Crippen molar-refractivity contribution in [3.05, 3.63) is 40.8 Å². The highest BCUT2D eigenvalue weighted by molar-refractivity contribution is 6.33. The Morgan fingerprint density at radius 1 is 1.12 bits per heavy atom. The topological polar surface area (TPSA) is 35.0 Å². The number of rotatable bonds is 2. The van der Waals surface area contributed by atoms with E-state index in [-0.39, 0.29) is 0 Å². The van der Waals surface area contributed by atoms with E-state index in [1.165, 1.54) is 6.33 Å². The molecular formula is C11H8Cl2N2O. The first kappa shape index (κ1) is 11.2. The van der Waals surface area contributed by atoms with Crippen molar-refractivity contribution in [3.8, 4) is 17.0 Å². The van der Waals surface area contributed by atoms with E-state index in [4.69, 9.17) is 27.9 Å². The molecule has 5 heteroatoms. The van der Waals surface area contributed by atoms with Crippen LogP contribution in [0.1, 0.15) is 0 Å². The van der Waals surface area contributed by atoms with Crippen molar-refractivity contribution < 1.29 is 4.74 Å². The van der Waals surface area contributed by atoms with Crippen molar-refractivity contribution >= 4 is 23.2 Å². The normalized spacial score (nSPS) is 10.2. The molecule has 0 N–H and O–H groups in total. The second-order valence-electron chi connectivity index (χ2n) is 3.07. The fourth-order valence-corrected chi connectivity index (χ4v) is 1.73. The average Bonchev–Trinajstić information content (AvgIpc) is 2.28. The van der Waals surface area contributed by atoms with Gasteiger partial charge in [-0.15, -0.1) is 0 Å². The van der Waals surface area contributed by atoms with E-state index in [1.54, 1.807) is 19.2 Å². The zero-order valence-electron chi connectivity index (χ0n) is 8.45. The summed E-state index contributed by atoms with van der Waals surface area (Å²) in [6, 6.07) is 7.04. The number of halogens is 2. The standard InChI is InChI=1S/C11H8Cl2N2O/c1-16-7-2-3-8(9(12)4-7)10-5-11(13)15-6-14-10/h2-6H,1H3. The molecule has 0 aliphatic heterocycles. The first-order valence-electron chi connectivity index (χ1n) is 4.52. The molecular weight excluding hydrogens is 247 g/mol. The van der Waals surface area contributed by atoms with Crippen LogP contribution in [0.5, 0.6) is 5.75 Å². The average molecular weight is 255 g/mol. The molecule has 0 aliphatic carbocycles. The van der Waals surface area contributed by atoms with Gasteiger partial charge in [-0.05, 0) is 18.2 Å². The molecule has 2 rings (SSSR count). The third-order valence-corrected chi connectivity index (χ3v) is 2.61. The van der Waals surface area contributed by atoms with E-state index >= 15 is 0 Å². The Kier molecular flexibility index (Phi) is 3.27. The molecule has 0 spiro atoms. The Balaban J connectivity index is 2.48. The number of methoxy groups -OCH3 is 1. The van der Waals surface area contributed by atoms with Crippen LogP contribution in [-0.4, -0.2) is 17.1 Å². The van der Waals surface area contributed by atoms with Gasteiger partial charge in [-0.25, -0.2) is 9.97 Å². The van der Waals surface area contributed by atoms with Gasteiger partial charge in [-0.3, -0.25) is 0 Å². The second kappa shape index (κ2) is 4.68. The zero-order chi connectivity index (χ0) is 11.5. The number of ether oxygens (including phenoxy) is 1. The first-order valence-corrected chi connectivity index (χ1v) is 5.28. The molecule has 82 valence electrons. The summed E-state index contributed by atoms with van der Waals surface area (Å²) < 4.78 is 5.07. The largest absolute Gasteiger partial charge is 0.497 e. The number of nitrogens with zero attached hydrogens (tertiary/aromatic N) is 2. The van der Waals surface area contributed by atoms with Gasteiger partial charge in [0.1, 0.15) is 17.2 Å². The van der Waals surface area contributed by atoms with Gasteiger partial charge in [0, 0.05) is 11.6 Å². The molecule has 3 nitrogen and oxygen atoms in total. The van der Waals surface area contributed by atoms with Crippen molar-refractivity contribution in [2.45, 2.75) is 0 Å². The van der Waals surface area contributed by atoms with Gasteiger partial charge in [0.25, 0.3) is 0 Å². The summed E-state index contributed by atoms with van der Waals surface area (Å²) in [5.74, 6) is 0.703. The first-order chi connectivity index (χ1) is 7.70. The Morgan fingerprint density at radius 2 is 1.94 bits per heavy atom. The van der Waals surface area contributed by atoms with E-state index in [0.717, 1.165) is 5.56 Å². The van der Waals surface area contributed by atoms with Gasteiger partial charge in [0.05, 0.1) is 17.8 Å². The molecule has 0 bridgehead atoms. The quantitative estimate of drug-likeness (QED) is 0.771. The minimum Gasteiger partial charge on any atom is -0.497 e. The minimum absolute atomic E-state index is 0.386. The maximum Gasteiger partial charge on any atom is 0.133 e. The monoisotopic (exact) mass is 254 g/mol. The van der Waals surface area contributed by atoms with Crippen LogP contribution in [0.15, 0.2) is 30.6 Å². The fourth-order valence-electron chi connectivity index (χ4n) is 1.31. The maximum absolute atomic E-state index is 6.11. The Bertz CT molecular complexity index is 517. The smallest absolute Gasteiger partial charge is 0.133 e. The molecule has 0 saturated heterocycles. The number of benzene rings is 1. The zero-order valence-corrected chi connectivity index (χ0v) is 9.96. The van der Waals surface area contributed by atoms with Crippen LogP contribution in [0.25, 0.3) is 11.3 Å².